The van der Waals surface area contributed by atoms with Gasteiger partial charge in [-0.1, -0.05) is 13.8 Å². The summed E-state index contributed by atoms with van der Waals surface area (Å²) in [7, 11) is 0. The van der Waals surface area contributed by atoms with Gasteiger partial charge < -0.3 is 9.88 Å². The Morgan fingerprint density at radius 3 is 2.68 bits per heavy atom. The molecule has 0 aliphatic heterocycles. The van der Waals surface area contributed by atoms with Crippen LogP contribution in [0.4, 0.5) is 0 Å². The van der Waals surface area contributed by atoms with Crippen molar-refractivity contribution < 1.29 is 4.79 Å². The number of thiazole rings is 1. The van der Waals surface area contributed by atoms with Crippen LogP contribution in [0.25, 0.3) is 10.8 Å². The molecule has 0 aromatic carbocycles. The number of hydrogen-bond donors (Lipinski definition) is 1. The second-order valence-corrected chi connectivity index (χ2v) is 6.82. The first-order valence-corrected chi connectivity index (χ1v) is 8.96. The SMILES string of the molecule is CC(C)c1nccn1C(C)C(=O)NCc1csc(-c2ncccn2)n1. The van der Waals surface area contributed by atoms with Gasteiger partial charge in [0.15, 0.2) is 10.8 Å². The Hall–Kier alpha value is -2.61. The van der Waals surface area contributed by atoms with Gasteiger partial charge in [-0.15, -0.1) is 11.3 Å². The Morgan fingerprint density at radius 2 is 1.96 bits per heavy atom. The Bertz CT molecular complexity index is 842. The lowest BCUT2D eigenvalue weighted by molar-refractivity contribution is -0.124. The largest absolute Gasteiger partial charge is 0.349 e. The molecule has 0 radical (unpaired) electrons. The molecule has 0 saturated heterocycles. The van der Waals surface area contributed by atoms with Crippen LogP contribution in [-0.4, -0.2) is 30.4 Å². The van der Waals surface area contributed by atoms with Crippen molar-refractivity contribution >= 4 is 17.2 Å². The zero-order valence-electron chi connectivity index (χ0n) is 14.4. The maximum Gasteiger partial charge on any atom is 0.243 e. The molecule has 0 aliphatic rings. The maximum absolute atomic E-state index is 12.5. The number of carbonyl (C=O) groups excluding carboxylic acids is 1. The van der Waals surface area contributed by atoms with Crippen molar-refractivity contribution in [1.29, 1.82) is 0 Å². The number of hydrogen-bond acceptors (Lipinski definition) is 6. The Balaban J connectivity index is 1.63. The Labute approximate surface area is 150 Å². The zero-order valence-corrected chi connectivity index (χ0v) is 15.2. The molecule has 1 atom stereocenters. The summed E-state index contributed by atoms with van der Waals surface area (Å²) in [6.45, 7) is 6.36. The van der Waals surface area contributed by atoms with E-state index >= 15 is 0 Å². The molecule has 25 heavy (non-hydrogen) atoms. The van der Waals surface area contributed by atoms with E-state index in [9.17, 15) is 4.79 Å². The zero-order chi connectivity index (χ0) is 17.8. The molecule has 130 valence electrons. The van der Waals surface area contributed by atoms with E-state index in [1.165, 1.54) is 11.3 Å². The standard InChI is InChI=1S/C17H20N6OS/c1-11(2)15-20-7-8-23(15)12(3)16(24)21-9-13-10-25-17(22-13)14-18-5-4-6-19-14/h4-8,10-12H,9H2,1-3H3,(H,21,24). The second kappa shape index (κ2) is 7.52. The van der Waals surface area contributed by atoms with Crippen LogP contribution in [0.2, 0.25) is 0 Å². The lowest BCUT2D eigenvalue weighted by Gasteiger charge is -2.17. The lowest BCUT2D eigenvalue weighted by Crippen LogP contribution is -2.31. The lowest BCUT2D eigenvalue weighted by atomic mass is 10.2. The van der Waals surface area contributed by atoms with E-state index in [1.807, 2.05) is 23.1 Å². The molecule has 0 saturated carbocycles. The van der Waals surface area contributed by atoms with Crippen molar-refractivity contribution in [3.05, 3.63) is 47.8 Å². The highest BCUT2D eigenvalue weighted by atomic mass is 32.1. The third-order valence-corrected chi connectivity index (χ3v) is 4.65. The van der Waals surface area contributed by atoms with Crippen LogP contribution in [0.3, 0.4) is 0 Å². The molecular weight excluding hydrogens is 336 g/mol. The average Bonchev–Trinajstić information content (AvgIpc) is 3.29. The summed E-state index contributed by atoms with van der Waals surface area (Å²) in [6.07, 6.45) is 6.94. The van der Waals surface area contributed by atoms with Crippen LogP contribution < -0.4 is 5.32 Å². The van der Waals surface area contributed by atoms with Crippen LogP contribution in [0.5, 0.6) is 0 Å². The number of amides is 1. The second-order valence-electron chi connectivity index (χ2n) is 5.96. The van der Waals surface area contributed by atoms with E-state index in [1.54, 1.807) is 24.7 Å². The predicted molar refractivity (Wildman–Crippen MR) is 96.0 cm³/mol. The summed E-state index contributed by atoms with van der Waals surface area (Å²) in [4.78, 5) is 29.6. The molecule has 0 bridgehead atoms. The van der Waals surface area contributed by atoms with Gasteiger partial charge in [0, 0.05) is 36.1 Å². The van der Waals surface area contributed by atoms with Gasteiger partial charge in [-0.3, -0.25) is 4.79 Å². The molecule has 8 heteroatoms. The molecule has 7 nitrogen and oxygen atoms in total. The highest BCUT2D eigenvalue weighted by molar-refractivity contribution is 7.13. The molecule has 1 N–H and O–H groups in total. The Kier molecular flexibility index (Phi) is 5.18. The number of rotatable bonds is 6. The van der Waals surface area contributed by atoms with Gasteiger partial charge in [0.25, 0.3) is 0 Å². The van der Waals surface area contributed by atoms with Crippen molar-refractivity contribution in [2.45, 2.75) is 39.3 Å². The van der Waals surface area contributed by atoms with E-state index in [0.717, 1.165) is 16.5 Å². The molecule has 0 spiro atoms. The fraction of sp³-hybridized carbons (Fsp3) is 0.353. The summed E-state index contributed by atoms with van der Waals surface area (Å²) in [5.41, 5.74) is 0.794. The third-order valence-electron chi connectivity index (χ3n) is 3.76. The van der Waals surface area contributed by atoms with Gasteiger partial charge in [0.05, 0.1) is 12.2 Å². The topological polar surface area (TPSA) is 85.6 Å². The monoisotopic (exact) mass is 356 g/mol. The summed E-state index contributed by atoms with van der Waals surface area (Å²) in [5, 5.41) is 5.59. The number of nitrogens with zero attached hydrogens (tertiary/aromatic N) is 5. The van der Waals surface area contributed by atoms with Crippen LogP contribution >= 0.6 is 11.3 Å². The number of carbonyl (C=O) groups is 1. The van der Waals surface area contributed by atoms with Gasteiger partial charge in [0.2, 0.25) is 5.91 Å². The molecule has 1 amide bonds. The molecule has 3 rings (SSSR count). The first-order chi connectivity index (χ1) is 12.1. The number of aromatic nitrogens is 5. The van der Waals surface area contributed by atoms with Crippen LogP contribution in [0, 0.1) is 0 Å². The first kappa shape index (κ1) is 17.2. The predicted octanol–water partition coefficient (Wildman–Crippen LogP) is 2.80. The highest BCUT2D eigenvalue weighted by Gasteiger charge is 2.19. The first-order valence-electron chi connectivity index (χ1n) is 8.08. The fourth-order valence-electron chi connectivity index (χ4n) is 2.45. The average molecular weight is 356 g/mol. The van der Waals surface area contributed by atoms with Crippen LogP contribution in [0.15, 0.2) is 36.2 Å². The molecule has 1 unspecified atom stereocenters. The molecule has 3 aromatic heterocycles. The van der Waals surface area contributed by atoms with Crippen molar-refractivity contribution in [1.82, 2.24) is 29.8 Å². The van der Waals surface area contributed by atoms with E-state index in [2.05, 4.69) is 39.1 Å². The fourth-order valence-corrected chi connectivity index (χ4v) is 3.22. The van der Waals surface area contributed by atoms with Gasteiger partial charge in [-0.05, 0) is 13.0 Å². The van der Waals surface area contributed by atoms with E-state index < -0.39 is 0 Å². The normalized spacial score (nSPS) is 12.3. The van der Waals surface area contributed by atoms with Crippen LogP contribution in [-0.2, 0) is 11.3 Å². The minimum absolute atomic E-state index is 0.0644. The summed E-state index contributed by atoms with van der Waals surface area (Å²) < 4.78 is 1.91. The molecular formula is C17H20N6OS. The van der Waals surface area contributed by atoms with Gasteiger partial charge in [-0.2, -0.15) is 0 Å². The smallest absolute Gasteiger partial charge is 0.243 e. The summed E-state index contributed by atoms with van der Waals surface area (Å²) in [5.74, 6) is 1.70. The summed E-state index contributed by atoms with van der Waals surface area (Å²) in [6, 6.07) is 1.44. The van der Waals surface area contributed by atoms with E-state index in [-0.39, 0.29) is 17.9 Å². The van der Waals surface area contributed by atoms with Gasteiger partial charge in [0.1, 0.15) is 11.9 Å². The Morgan fingerprint density at radius 1 is 1.20 bits per heavy atom. The van der Waals surface area contributed by atoms with E-state index in [4.69, 9.17) is 0 Å². The molecule has 0 fully saturated rings. The van der Waals surface area contributed by atoms with Gasteiger partial charge in [-0.25, -0.2) is 19.9 Å². The highest BCUT2D eigenvalue weighted by Crippen LogP contribution is 2.20. The molecule has 3 aromatic rings. The minimum Gasteiger partial charge on any atom is -0.349 e. The molecule has 0 aliphatic carbocycles. The minimum atomic E-state index is -0.324. The number of nitrogens with one attached hydrogen (secondary N) is 1. The quantitative estimate of drug-likeness (QED) is 0.734. The molecule has 3 heterocycles. The van der Waals surface area contributed by atoms with E-state index in [0.29, 0.717) is 12.4 Å². The number of imidazole rings is 1. The van der Waals surface area contributed by atoms with Crippen molar-refractivity contribution in [2.24, 2.45) is 0 Å². The van der Waals surface area contributed by atoms with Crippen molar-refractivity contribution in [2.75, 3.05) is 0 Å². The van der Waals surface area contributed by atoms with Crippen molar-refractivity contribution in [3.63, 3.8) is 0 Å². The summed E-state index contributed by atoms with van der Waals surface area (Å²) >= 11 is 1.46. The van der Waals surface area contributed by atoms with Crippen molar-refractivity contribution in [3.8, 4) is 10.8 Å². The van der Waals surface area contributed by atoms with Crippen LogP contribution in [0.1, 0.15) is 44.2 Å². The maximum atomic E-state index is 12.5. The third kappa shape index (κ3) is 3.90. The van der Waals surface area contributed by atoms with Gasteiger partial charge >= 0.3 is 0 Å².